The molecule has 1 amide bonds. The number of nitrogens with zero attached hydrogens (tertiary/aromatic N) is 1. The number of aliphatic hydroxyl groups is 2. The van der Waals surface area contributed by atoms with Crippen molar-refractivity contribution in [1.82, 2.24) is 10.3 Å². The predicted molar refractivity (Wildman–Crippen MR) is 58.7 cm³/mol. The molecular weight excluding hydrogens is 210 g/mol. The predicted octanol–water partition coefficient (Wildman–Crippen LogP) is -0.863. The average Bonchev–Trinajstić information content (AvgIpc) is 2.29. The second kappa shape index (κ2) is 4.91. The van der Waals surface area contributed by atoms with Crippen LogP contribution < -0.4 is 11.1 Å². The van der Waals surface area contributed by atoms with Crippen LogP contribution in [0, 0.1) is 0 Å². The molecule has 1 aromatic heterocycles. The zero-order chi connectivity index (χ0) is 12.2. The zero-order valence-electron chi connectivity index (χ0n) is 8.97. The molecule has 5 N–H and O–H groups in total. The summed E-state index contributed by atoms with van der Waals surface area (Å²) in [5.74, 6) is -0.467. The van der Waals surface area contributed by atoms with Crippen molar-refractivity contribution in [2.75, 3.05) is 18.9 Å². The molecule has 0 atom stereocenters. The quantitative estimate of drug-likeness (QED) is 0.533. The van der Waals surface area contributed by atoms with Gasteiger partial charge >= 0.3 is 0 Å². The van der Waals surface area contributed by atoms with Crippen LogP contribution in [0.15, 0.2) is 18.3 Å². The van der Waals surface area contributed by atoms with Gasteiger partial charge in [0.2, 0.25) is 0 Å². The number of aliphatic hydroxyl groups excluding tert-OH is 2. The molecule has 0 aliphatic carbocycles. The van der Waals surface area contributed by atoms with Crippen molar-refractivity contribution in [1.29, 1.82) is 0 Å². The molecule has 6 heteroatoms. The summed E-state index contributed by atoms with van der Waals surface area (Å²) >= 11 is 0. The summed E-state index contributed by atoms with van der Waals surface area (Å²) in [4.78, 5) is 15.5. The Labute approximate surface area is 93.1 Å². The fourth-order valence-electron chi connectivity index (χ4n) is 1.01. The highest BCUT2D eigenvalue weighted by Gasteiger charge is 2.25. The molecule has 1 rings (SSSR count). The van der Waals surface area contributed by atoms with Crippen LogP contribution in [0.3, 0.4) is 0 Å². The van der Waals surface area contributed by atoms with Crippen molar-refractivity contribution in [2.24, 2.45) is 0 Å². The van der Waals surface area contributed by atoms with E-state index in [4.69, 9.17) is 15.9 Å². The van der Waals surface area contributed by atoms with Crippen LogP contribution in [0.1, 0.15) is 17.4 Å². The summed E-state index contributed by atoms with van der Waals surface area (Å²) < 4.78 is 0. The van der Waals surface area contributed by atoms with E-state index in [1.54, 1.807) is 6.07 Å². The lowest BCUT2D eigenvalue weighted by atomic mass is 10.1. The molecule has 0 aliphatic rings. The van der Waals surface area contributed by atoms with Crippen molar-refractivity contribution in [3.63, 3.8) is 0 Å². The van der Waals surface area contributed by atoms with E-state index in [9.17, 15) is 4.79 Å². The minimum Gasteiger partial charge on any atom is -0.397 e. The lowest BCUT2D eigenvalue weighted by Crippen LogP contribution is -2.51. The van der Waals surface area contributed by atoms with E-state index in [0.29, 0.717) is 5.69 Å². The van der Waals surface area contributed by atoms with Crippen molar-refractivity contribution < 1.29 is 15.0 Å². The Kier molecular flexibility index (Phi) is 3.81. The third kappa shape index (κ3) is 2.91. The first-order valence-electron chi connectivity index (χ1n) is 4.76. The molecule has 0 unspecified atom stereocenters. The molecule has 6 nitrogen and oxygen atoms in total. The van der Waals surface area contributed by atoms with Gasteiger partial charge in [-0.05, 0) is 19.1 Å². The fourth-order valence-corrected chi connectivity index (χ4v) is 1.01. The molecule has 0 fully saturated rings. The standard InChI is InChI=1S/C10H15N3O3/c1-10(5-14,6-15)13-9(16)8-3-2-7(11)4-12-8/h2-4,14-15H,5-6,11H2,1H3,(H,13,16). The van der Waals surface area contributed by atoms with Gasteiger partial charge in [0.05, 0.1) is 30.6 Å². The van der Waals surface area contributed by atoms with Crippen molar-refractivity contribution in [2.45, 2.75) is 12.5 Å². The number of nitrogens with one attached hydrogen (secondary N) is 1. The number of rotatable bonds is 4. The lowest BCUT2D eigenvalue weighted by molar-refractivity contribution is 0.0719. The number of nitrogens with two attached hydrogens (primary N) is 1. The van der Waals surface area contributed by atoms with Crippen LogP contribution in [-0.2, 0) is 0 Å². The fraction of sp³-hybridized carbons (Fsp3) is 0.400. The molecular formula is C10H15N3O3. The van der Waals surface area contributed by atoms with Gasteiger partial charge in [0.1, 0.15) is 5.69 Å². The van der Waals surface area contributed by atoms with Crippen LogP contribution in [-0.4, -0.2) is 39.9 Å². The van der Waals surface area contributed by atoms with E-state index in [2.05, 4.69) is 10.3 Å². The Morgan fingerprint density at radius 3 is 2.56 bits per heavy atom. The number of anilines is 1. The Morgan fingerprint density at radius 2 is 2.12 bits per heavy atom. The van der Waals surface area contributed by atoms with E-state index < -0.39 is 11.4 Å². The second-order valence-electron chi connectivity index (χ2n) is 3.81. The minimum atomic E-state index is -1.06. The lowest BCUT2D eigenvalue weighted by Gasteiger charge is -2.25. The van der Waals surface area contributed by atoms with E-state index >= 15 is 0 Å². The average molecular weight is 225 g/mol. The summed E-state index contributed by atoms with van der Waals surface area (Å²) in [6.45, 7) is 0.816. The smallest absolute Gasteiger partial charge is 0.270 e. The Hall–Kier alpha value is -1.66. The number of aromatic nitrogens is 1. The van der Waals surface area contributed by atoms with Crippen LogP contribution >= 0.6 is 0 Å². The molecule has 0 spiro atoms. The van der Waals surface area contributed by atoms with Crippen LogP contribution in [0.2, 0.25) is 0 Å². The van der Waals surface area contributed by atoms with Gasteiger partial charge in [-0.25, -0.2) is 4.98 Å². The Morgan fingerprint density at radius 1 is 1.50 bits per heavy atom. The highest BCUT2D eigenvalue weighted by molar-refractivity contribution is 5.92. The number of carbonyl (C=O) groups is 1. The van der Waals surface area contributed by atoms with Crippen LogP contribution in [0.5, 0.6) is 0 Å². The minimum absolute atomic E-state index is 0.183. The Balaban J connectivity index is 2.76. The summed E-state index contributed by atoms with van der Waals surface area (Å²) in [6, 6.07) is 3.02. The van der Waals surface area contributed by atoms with E-state index in [0.717, 1.165) is 0 Å². The Bertz CT molecular complexity index is 360. The van der Waals surface area contributed by atoms with E-state index in [1.165, 1.54) is 19.2 Å². The van der Waals surface area contributed by atoms with Crippen molar-refractivity contribution in [3.05, 3.63) is 24.0 Å². The molecule has 1 aromatic rings. The van der Waals surface area contributed by atoms with Gasteiger partial charge in [-0.2, -0.15) is 0 Å². The maximum Gasteiger partial charge on any atom is 0.270 e. The largest absolute Gasteiger partial charge is 0.397 e. The third-order valence-corrected chi connectivity index (χ3v) is 2.13. The summed E-state index contributed by atoms with van der Waals surface area (Å²) in [5, 5.41) is 20.5. The van der Waals surface area contributed by atoms with Gasteiger partial charge in [0.15, 0.2) is 0 Å². The first-order valence-corrected chi connectivity index (χ1v) is 4.76. The molecule has 1 heterocycles. The van der Waals surface area contributed by atoms with E-state index in [1.807, 2.05) is 0 Å². The molecule has 0 bridgehead atoms. The first-order chi connectivity index (χ1) is 7.50. The van der Waals surface area contributed by atoms with Gasteiger partial charge in [0.25, 0.3) is 5.91 Å². The van der Waals surface area contributed by atoms with Gasteiger partial charge < -0.3 is 21.3 Å². The van der Waals surface area contributed by atoms with E-state index in [-0.39, 0.29) is 18.9 Å². The van der Waals surface area contributed by atoms with Gasteiger partial charge in [-0.1, -0.05) is 0 Å². The van der Waals surface area contributed by atoms with Crippen molar-refractivity contribution >= 4 is 11.6 Å². The molecule has 0 radical (unpaired) electrons. The highest BCUT2D eigenvalue weighted by atomic mass is 16.3. The number of hydrogen-bond donors (Lipinski definition) is 4. The maximum atomic E-state index is 11.7. The monoisotopic (exact) mass is 225 g/mol. The molecule has 0 saturated heterocycles. The number of pyridine rings is 1. The molecule has 0 aromatic carbocycles. The number of hydrogen-bond acceptors (Lipinski definition) is 5. The van der Waals surface area contributed by atoms with Gasteiger partial charge in [-0.3, -0.25) is 4.79 Å². The molecule has 0 saturated carbocycles. The van der Waals surface area contributed by atoms with Crippen molar-refractivity contribution in [3.8, 4) is 0 Å². The van der Waals surface area contributed by atoms with Gasteiger partial charge in [-0.15, -0.1) is 0 Å². The molecule has 0 aliphatic heterocycles. The summed E-state index contributed by atoms with van der Waals surface area (Å²) in [7, 11) is 0. The topological polar surface area (TPSA) is 108 Å². The third-order valence-electron chi connectivity index (χ3n) is 2.13. The number of nitrogen functional groups attached to an aromatic ring is 1. The van der Waals surface area contributed by atoms with Crippen LogP contribution in [0.4, 0.5) is 5.69 Å². The summed E-state index contributed by atoms with van der Waals surface area (Å²) in [6.07, 6.45) is 1.37. The maximum absolute atomic E-state index is 11.7. The number of carbonyl (C=O) groups excluding carboxylic acids is 1. The second-order valence-corrected chi connectivity index (χ2v) is 3.81. The SMILES string of the molecule is CC(CO)(CO)NC(=O)c1ccc(N)cn1. The summed E-state index contributed by atoms with van der Waals surface area (Å²) in [5.41, 5.74) is 5.02. The highest BCUT2D eigenvalue weighted by Crippen LogP contribution is 2.05. The zero-order valence-corrected chi connectivity index (χ0v) is 8.97. The van der Waals surface area contributed by atoms with Crippen LogP contribution in [0.25, 0.3) is 0 Å². The molecule has 16 heavy (non-hydrogen) atoms. The first kappa shape index (κ1) is 12.4. The number of amides is 1. The molecule has 88 valence electrons. The normalized spacial score (nSPS) is 11.2. The van der Waals surface area contributed by atoms with Gasteiger partial charge in [0, 0.05) is 0 Å².